The van der Waals surface area contributed by atoms with E-state index in [2.05, 4.69) is 33.1 Å². The lowest BCUT2D eigenvalue weighted by Crippen LogP contribution is -2.12. The predicted octanol–water partition coefficient (Wildman–Crippen LogP) is 4.73. The van der Waals surface area contributed by atoms with Crippen molar-refractivity contribution < 1.29 is 14.3 Å². The number of thiazole rings is 1. The number of hydrogen-bond acceptors (Lipinski definition) is 5. The van der Waals surface area contributed by atoms with E-state index in [9.17, 15) is 9.59 Å². The molecule has 7 heteroatoms. The van der Waals surface area contributed by atoms with Crippen molar-refractivity contribution >= 4 is 39.8 Å². The number of para-hydroxylation sites is 1. The molecule has 0 spiro atoms. The zero-order chi connectivity index (χ0) is 20.4. The van der Waals surface area contributed by atoms with Crippen LogP contribution in [0.3, 0.4) is 0 Å². The third kappa shape index (κ3) is 3.77. The van der Waals surface area contributed by atoms with E-state index in [4.69, 9.17) is 4.74 Å². The Hall–Kier alpha value is -3.45. The van der Waals surface area contributed by atoms with Crippen LogP contribution in [-0.2, 0) is 11.8 Å². The molecule has 0 fully saturated rings. The number of nitrogens with zero attached hydrogens (tertiary/aromatic N) is 2. The lowest BCUT2D eigenvalue weighted by Gasteiger charge is -2.05. The number of fused-ring (bicyclic) bond motifs is 1. The monoisotopic (exact) mass is 405 g/mol. The van der Waals surface area contributed by atoms with E-state index >= 15 is 0 Å². The standard InChI is InChI=1S/C22H19N3O3S/c1-3-28-22(27)14-8-10-16(11-9-14)23-20(26)17-13-29-21(24-17)19-12-15-6-4-5-7-18(15)25(19)2/h4-13H,3H2,1-2H3,(H,23,26). The molecule has 0 radical (unpaired) electrons. The molecule has 29 heavy (non-hydrogen) atoms. The molecule has 0 saturated carbocycles. The molecule has 1 N–H and O–H groups in total. The topological polar surface area (TPSA) is 73.2 Å². The third-order valence-electron chi connectivity index (χ3n) is 4.56. The molecule has 0 aliphatic rings. The van der Waals surface area contributed by atoms with Crippen LogP contribution in [0.15, 0.2) is 60.0 Å². The van der Waals surface area contributed by atoms with Gasteiger partial charge in [-0.25, -0.2) is 9.78 Å². The number of nitrogens with one attached hydrogen (secondary N) is 1. The van der Waals surface area contributed by atoms with Crippen molar-refractivity contribution in [3.8, 4) is 10.7 Å². The van der Waals surface area contributed by atoms with Crippen molar-refractivity contribution in [2.75, 3.05) is 11.9 Å². The molecule has 2 aromatic heterocycles. The number of aryl methyl sites for hydroxylation is 1. The second-order valence-electron chi connectivity index (χ2n) is 6.44. The zero-order valence-electron chi connectivity index (χ0n) is 16.0. The van der Waals surface area contributed by atoms with E-state index in [1.54, 1.807) is 36.6 Å². The predicted molar refractivity (Wildman–Crippen MR) is 114 cm³/mol. The summed E-state index contributed by atoms with van der Waals surface area (Å²) >= 11 is 1.43. The number of carbonyl (C=O) groups excluding carboxylic acids is 2. The number of hydrogen-bond donors (Lipinski definition) is 1. The number of rotatable bonds is 5. The summed E-state index contributed by atoms with van der Waals surface area (Å²) < 4.78 is 7.03. The first kappa shape index (κ1) is 18.9. The molecule has 0 saturated heterocycles. The van der Waals surface area contributed by atoms with Gasteiger partial charge in [0.25, 0.3) is 5.91 Å². The Labute approximate surface area is 171 Å². The fraction of sp³-hybridized carbons (Fsp3) is 0.136. The number of anilines is 1. The number of amides is 1. The van der Waals surface area contributed by atoms with Crippen LogP contribution in [0.5, 0.6) is 0 Å². The average Bonchev–Trinajstić information content (AvgIpc) is 3.34. The summed E-state index contributed by atoms with van der Waals surface area (Å²) in [6.45, 7) is 2.08. The zero-order valence-corrected chi connectivity index (χ0v) is 16.8. The second kappa shape index (κ2) is 7.89. The smallest absolute Gasteiger partial charge is 0.338 e. The van der Waals surface area contributed by atoms with Crippen LogP contribution in [-0.4, -0.2) is 28.0 Å². The van der Waals surface area contributed by atoms with Crippen molar-refractivity contribution in [3.05, 3.63) is 71.2 Å². The summed E-state index contributed by atoms with van der Waals surface area (Å²) in [5.41, 5.74) is 3.46. The Bertz CT molecular complexity index is 1190. The van der Waals surface area contributed by atoms with Gasteiger partial charge in [0, 0.05) is 29.0 Å². The maximum atomic E-state index is 12.6. The highest BCUT2D eigenvalue weighted by atomic mass is 32.1. The maximum absolute atomic E-state index is 12.6. The van der Waals surface area contributed by atoms with E-state index in [0.717, 1.165) is 21.6 Å². The molecule has 0 atom stereocenters. The molecule has 0 bridgehead atoms. The van der Waals surface area contributed by atoms with Gasteiger partial charge in [-0.05, 0) is 43.3 Å². The van der Waals surface area contributed by atoms with E-state index < -0.39 is 0 Å². The largest absolute Gasteiger partial charge is 0.462 e. The van der Waals surface area contributed by atoms with Gasteiger partial charge in [0.15, 0.2) is 0 Å². The Kier molecular flexibility index (Phi) is 5.14. The minimum Gasteiger partial charge on any atom is -0.462 e. The van der Waals surface area contributed by atoms with Crippen molar-refractivity contribution in [1.29, 1.82) is 0 Å². The number of carbonyl (C=O) groups is 2. The van der Waals surface area contributed by atoms with Gasteiger partial charge in [-0.1, -0.05) is 18.2 Å². The van der Waals surface area contributed by atoms with Crippen LogP contribution in [0.25, 0.3) is 21.6 Å². The van der Waals surface area contributed by atoms with Crippen LogP contribution in [0.1, 0.15) is 27.8 Å². The van der Waals surface area contributed by atoms with Crippen molar-refractivity contribution in [2.45, 2.75) is 6.92 Å². The molecule has 0 unspecified atom stereocenters. The fourth-order valence-corrected chi connectivity index (χ4v) is 3.94. The van der Waals surface area contributed by atoms with Crippen molar-refractivity contribution in [2.24, 2.45) is 7.05 Å². The fourth-order valence-electron chi connectivity index (χ4n) is 3.09. The summed E-state index contributed by atoms with van der Waals surface area (Å²) in [7, 11) is 1.99. The number of ether oxygens (including phenoxy) is 1. The maximum Gasteiger partial charge on any atom is 0.338 e. The summed E-state index contributed by atoms with van der Waals surface area (Å²) in [5.74, 6) is -0.681. The normalized spacial score (nSPS) is 10.8. The minimum absolute atomic E-state index is 0.296. The Morgan fingerprint density at radius 2 is 1.90 bits per heavy atom. The SMILES string of the molecule is CCOC(=O)c1ccc(NC(=O)c2csc(-c3cc4ccccc4n3C)n2)cc1. The summed E-state index contributed by atoms with van der Waals surface area (Å²) in [6.07, 6.45) is 0. The number of aromatic nitrogens is 2. The number of esters is 1. The van der Waals surface area contributed by atoms with E-state index in [-0.39, 0.29) is 11.9 Å². The van der Waals surface area contributed by atoms with E-state index in [1.165, 1.54) is 11.3 Å². The molecule has 1 amide bonds. The van der Waals surface area contributed by atoms with Crippen LogP contribution in [0.2, 0.25) is 0 Å². The molecule has 0 aliphatic heterocycles. The summed E-state index contributed by atoms with van der Waals surface area (Å²) in [4.78, 5) is 28.8. The Morgan fingerprint density at radius 3 is 2.62 bits per heavy atom. The third-order valence-corrected chi connectivity index (χ3v) is 5.43. The molecule has 4 rings (SSSR count). The van der Waals surface area contributed by atoms with Crippen LogP contribution >= 0.6 is 11.3 Å². The Balaban J connectivity index is 1.51. The van der Waals surface area contributed by atoms with Crippen molar-refractivity contribution in [1.82, 2.24) is 9.55 Å². The molecule has 6 nitrogen and oxygen atoms in total. The molecule has 2 heterocycles. The first-order chi connectivity index (χ1) is 14.1. The van der Waals surface area contributed by atoms with Crippen LogP contribution < -0.4 is 5.32 Å². The van der Waals surface area contributed by atoms with Gasteiger partial charge in [0.05, 0.1) is 17.9 Å². The van der Waals surface area contributed by atoms with Crippen molar-refractivity contribution in [3.63, 3.8) is 0 Å². The molecular formula is C22H19N3O3S. The quantitative estimate of drug-likeness (QED) is 0.487. The highest BCUT2D eigenvalue weighted by molar-refractivity contribution is 7.13. The minimum atomic E-state index is -0.385. The molecule has 2 aromatic carbocycles. The Morgan fingerprint density at radius 1 is 1.14 bits per heavy atom. The first-order valence-corrected chi connectivity index (χ1v) is 10.0. The summed E-state index contributed by atoms with van der Waals surface area (Å²) in [5, 5.41) is 6.47. The van der Waals surface area contributed by atoms with Gasteiger partial charge in [-0.15, -0.1) is 11.3 Å². The highest BCUT2D eigenvalue weighted by Gasteiger charge is 2.15. The van der Waals surface area contributed by atoms with Gasteiger partial charge in [0.2, 0.25) is 0 Å². The first-order valence-electron chi connectivity index (χ1n) is 9.15. The highest BCUT2D eigenvalue weighted by Crippen LogP contribution is 2.29. The van der Waals surface area contributed by atoms with Gasteiger partial charge >= 0.3 is 5.97 Å². The lowest BCUT2D eigenvalue weighted by atomic mass is 10.2. The van der Waals surface area contributed by atoms with Gasteiger partial charge in [-0.2, -0.15) is 0 Å². The lowest BCUT2D eigenvalue weighted by molar-refractivity contribution is 0.0526. The van der Waals surface area contributed by atoms with Gasteiger partial charge < -0.3 is 14.6 Å². The molecule has 0 aliphatic carbocycles. The van der Waals surface area contributed by atoms with Gasteiger partial charge in [-0.3, -0.25) is 4.79 Å². The molecule has 146 valence electrons. The average molecular weight is 405 g/mol. The van der Waals surface area contributed by atoms with Crippen LogP contribution in [0.4, 0.5) is 5.69 Å². The summed E-state index contributed by atoms with van der Waals surface area (Å²) in [6, 6.07) is 16.8. The van der Waals surface area contributed by atoms with E-state index in [1.807, 2.05) is 19.2 Å². The van der Waals surface area contributed by atoms with Gasteiger partial charge in [0.1, 0.15) is 10.7 Å². The van der Waals surface area contributed by atoms with Crippen LogP contribution in [0, 0.1) is 0 Å². The molecule has 4 aromatic rings. The second-order valence-corrected chi connectivity index (χ2v) is 7.30. The molecular weight excluding hydrogens is 386 g/mol. The number of benzene rings is 2. The van der Waals surface area contributed by atoms with E-state index in [0.29, 0.717) is 23.6 Å².